The number of hydrogen-bond acceptors (Lipinski definition) is 5. The summed E-state index contributed by atoms with van der Waals surface area (Å²) in [6, 6.07) is 0.805. The molecule has 1 aromatic heterocycles. The smallest absolute Gasteiger partial charge is 0.328 e. The van der Waals surface area contributed by atoms with Crippen molar-refractivity contribution in [3.8, 4) is 11.8 Å². The quantitative estimate of drug-likeness (QED) is 0.599. The number of carbonyl (C=O) groups is 2. The minimum Gasteiger partial charge on any atom is -0.464 e. The Balaban J connectivity index is 2.85. The summed E-state index contributed by atoms with van der Waals surface area (Å²) >= 11 is 0. The fourth-order valence-electron chi connectivity index (χ4n) is 1.44. The third-order valence-electron chi connectivity index (χ3n) is 2.38. The number of amides is 1. The maximum atomic E-state index is 12.1. The van der Waals surface area contributed by atoms with Crippen LogP contribution in [0.25, 0.3) is 0 Å². The zero-order chi connectivity index (χ0) is 15.0. The van der Waals surface area contributed by atoms with Crippen LogP contribution in [-0.2, 0) is 9.53 Å². The summed E-state index contributed by atoms with van der Waals surface area (Å²) < 4.78 is 4.83. The molecule has 0 aliphatic heterocycles. The summed E-state index contributed by atoms with van der Waals surface area (Å²) in [5.74, 6) is 4.54. The average Bonchev–Trinajstić information content (AvgIpc) is 2.45. The van der Waals surface area contributed by atoms with Crippen molar-refractivity contribution in [1.29, 1.82) is 0 Å². The van der Waals surface area contributed by atoms with Crippen LogP contribution in [0, 0.1) is 11.8 Å². The Kier molecular flexibility index (Phi) is 6.20. The summed E-state index contributed by atoms with van der Waals surface area (Å²) in [4.78, 5) is 27.5. The third-order valence-corrected chi connectivity index (χ3v) is 2.38. The first-order chi connectivity index (χ1) is 9.60. The number of nitrogens with one attached hydrogen (secondary N) is 1. The summed E-state index contributed by atoms with van der Waals surface area (Å²) in [5, 5.41) is 2.56. The van der Waals surface area contributed by atoms with Gasteiger partial charge in [-0.15, -0.1) is 0 Å². The maximum Gasteiger partial charge on any atom is 0.328 e. The molecule has 0 aliphatic rings. The van der Waals surface area contributed by atoms with Crippen molar-refractivity contribution in [2.24, 2.45) is 5.73 Å². The molecule has 0 radical (unpaired) electrons. The molecule has 1 heterocycles. The molecule has 0 aliphatic carbocycles. The van der Waals surface area contributed by atoms with Gasteiger partial charge in [-0.2, -0.15) is 0 Å². The van der Waals surface area contributed by atoms with Gasteiger partial charge in [0, 0.05) is 12.4 Å². The van der Waals surface area contributed by atoms with Crippen molar-refractivity contribution in [3.63, 3.8) is 0 Å². The summed E-state index contributed by atoms with van der Waals surface area (Å²) in [6.07, 6.45) is 2.96. The van der Waals surface area contributed by atoms with Crippen LogP contribution in [0.3, 0.4) is 0 Å². The number of ether oxygens (including phenoxy) is 1. The second-order valence-electron chi connectivity index (χ2n) is 3.87. The van der Waals surface area contributed by atoms with Gasteiger partial charge in [0.25, 0.3) is 5.91 Å². The number of nitrogens with zero attached hydrogens (tertiary/aromatic N) is 1. The van der Waals surface area contributed by atoms with Gasteiger partial charge in [-0.05, 0) is 19.9 Å². The Morgan fingerprint density at radius 3 is 2.95 bits per heavy atom. The number of nitrogens with two attached hydrogens (primary N) is 1. The summed E-state index contributed by atoms with van der Waals surface area (Å²) in [7, 11) is 0. The molecule has 0 saturated heterocycles. The third kappa shape index (κ3) is 4.37. The second-order valence-corrected chi connectivity index (χ2v) is 3.87. The molecule has 1 aromatic rings. The predicted octanol–water partition coefficient (Wildman–Crippen LogP) is 0.0732. The molecule has 0 aromatic carbocycles. The van der Waals surface area contributed by atoms with E-state index in [0.29, 0.717) is 11.1 Å². The van der Waals surface area contributed by atoms with E-state index in [0.717, 1.165) is 0 Å². The lowest BCUT2D eigenvalue weighted by Gasteiger charge is -2.13. The Hall–Kier alpha value is -2.39. The van der Waals surface area contributed by atoms with E-state index in [4.69, 9.17) is 10.5 Å². The Morgan fingerprint density at radius 1 is 1.55 bits per heavy atom. The molecule has 0 fully saturated rings. The van der Waals surface area contributed by atoms with Gasteiger partial charge in [-0.1, -0.05) is 11.8 Å². The predicted molar refractivity (Wildman–Crippen MR) is 73.7 cm³/mol. The molecule has 1 atom stereocenters. The molecule has 3 N–H and O–H groups in total. The number of carbonyl (C=O) groups excluding carboxylic acids is 2. The molecule has 0 spiro atoms. The number of rotatable bonds is 4. The lowest BCUT2D eigenvalue weighted by Crippen LogP contribution is -2.39. The van der Waals surface area contributed by atoms with Gasteiger partial charge >= 0.3 is 5.97 Å². The first kappa shape index (κ1) is 15.7. The van der Waals surface area contributed by atoms with Gasteiger partial charge in [-0.3, -0.25) is 9.78 Å². The van der Waals surface area contributed by atoms with Crippen LogP contribution < -0.4 is 11.1 Å². The summed E-state index contributed by atoms with van der Waals surface area (Å²) in [6.45, 7) is 3.72. The fraction of sp³-hybridized carbons (Fsp3) is 0.357. The Morgan fingerprint density at radius 2 is 2.30 bits per heavy atom. The van der Waals surface area contributed by atoms with Crippen LogP contribution in [0.2, 0.25) is 0 Å². The normalized spacial score (nSPS) is 10.9. The van der Waals surface area contributed by atoms with Crippen molar-refractivity contribution in [3.05, 3.63) is 29.6 Å². The molecular formula is C14H17N3O3. The van der Waals surface area contributed by atoms with Gasteiger partial charge < -0.3 is 15.8 Å². The molecule has 6 heteroatoms. The van der Waals surface area contributed by atoms with Crippen molar-refractivity contribution < 1.29 is 14.3 Å². The van der Waals surface area contributed by atoms with Crippen molar-refractivity contribution >= 4 is 11.9 Å². The molecule has 20 heavy (non-hydrogen) atoms. The average molecular weight is 275 g/mol. The SMILES string of the molecule is CCOC(=O)C(C)NC(=O)c1ccncc1C#CCN. The highest BCUT2D eigenvalue weighted by Crippen LogP contribution is 2.06. The molecule has 1 unspecified atom stereocenters. The van der Waals surface area contributed by atoms with E-state index in [1.54, 1.807) is 13.8 Å². The largest absolute Gasteiger partial charge is 0.464 e. The van der Waals surface area contributed by atoms with Crippen LogP contribution in [0.5, 0.6) is 0 Å². The van der Waals surface area contributed by atoms with Crippen LogP contribution in [0.15, 0.2) is 18.5 Å². The van der Waals surface area contributed by atoms with E-state index in [1.165, 1.54) is 18.5 Å². The topological polar surface area (TPSA) is 94.3 Å². The molecule has 0 bridgehead atoms. The second kappa shape index (κ2) is 7.92. The van der Waals surface area contributed by atoms with E-state index >= 15 is 0 Å². The minimum atomic E-state index is -0.731. The highest BCUT2D eigenvalue weighted by Gasteiger charge is 2.18. The first-order valence-corrected chi connectivity index (χ1v) is 6.20. The zero-order valence-corrected chi connectivity index (χ0v) is 11.5. The number of pyridine rings is 1. The van der Waals surface area contributed by atoms with Gasteiger partial charge in [0.15, 0.2) is 0 Å². The lowest BCUT2D eigenvalue weighted by atomic mass is 10.1. The molecule has 1 rings (SSSR count). The van der Waals surface area contributed by atoms with Crippen LogP contribution in [0.1, 0.15) is 29.8 Å². The number of hydrogen-bond donors (Lipinski definition) is 2. The van der Waals surface area contributed by atoms with Gasteiger partial charge in [0.05, 0.1) is 24.3 Å². The van der Waals surface area contributed by atoms with E-state index < -0.39 is 17.9 Å². The van der Waals surface area contributed by atoms with Gasteiger partial charge in [0.1, 0.15) is 6.04 Å². The molecule has 0 saturated carbocycles. The molecular weight excluding hydrogens is 258 g/mol. The zero-order valence-electron chi connectivity index (χ0n) is 11.5. The van der Waals surface area contributed by atoms with E-state index in [-0.39, 0.29) is 13.2 Å². The number of esters is 1. The standard InChI is InChI=1S/C14H17N3O3/c1-3-20-14(19)10(2)17-13(18)12-6-8-16-9-11(12)5-4-7-15/h6,8-10H,3,7,15H2,1-2H3,(H,17,18). The molecule has 1 amide bonds. The number of aromatic nitrogens is 1. The van der Waals surface area contributed by atoms with Crippen molar-refractivity contribution in [1.82, 2.24) is 10.3 Å². The highest BCUT2D eigenvalue weighted by atomic mass is 16.5. The van der Waals surface area contributed by atoms with Crippen LogP contribution in [-0.4, -0.2) is 36.1 Å². The van der Waals surface area contributed by atoms with E-state index in [2.05, 4.69) is 22.1 Å². The van der Waals surface area contributed by atoms with Crippen molar-refractivity contribution in [2.75, 3.05) is 13.2 Å². The monoisotopic (exact) mass is 275 g/mol. The van der Waals surface area contributed by atoms with E-state index in [1.807, 2.05) is 0 Å². The van der Waals surface area contributed by atoms with Gasteiger partial charge in [0.2, 0.25) is 0 Å². The molecule has 6 nitrogen and oxygen atoms in total. The molecule has 106 valence electrons. The van der Waals surface area contributed by atoms with Gasteiger partial charge in [-0.25, -0.2) is 4.79 Å². The first-order valence-electron chi connectivity index (χ1n) is 6.20. The van der Waals surface area contributed by atoms with Crippen LogP contribution in [0.4, 0.5) is 0 Å². The Bertz CT molecular complexity index is 546. The van der Waals surface area contributed by atoms with Crippen LogP contribution >= 0.6 is 0 Å². The minimum absolute atomic E-state index is 0.190. The maximum absolute atomic E-state index is 12.1. The summed E-state index contributed by atoms with van der Waals surface area (Å²) in [5.41, 5.74) is 6.11. The Labute approximate surface area is 117 Å². The van der Waals surface area contributed by atoms with Crippen molar-refractivity contribution in [2.45, 2.75) is 19.9 Å². The lowest BCUT2D eigenvalue weighted by molar-refractivity contribution is -0.144. The fourth-order valence-corrected chi connectivity index (χ4v) is 1.44. The highest BCUT2D eigenvalue weighted by molar-refractivity contribution is 5.98. The van der Waals surface area contributed by atoms with E-state index in [9.17, 15) is 9.59 Å².